The topological polar surface area (TPSA) is 63.4 Å². The van der Waals surface area contributed by atoms with Crippen LogP contribution in [0.1, 0.15) is 18.9 Å². The second kappa shape index (κ2) is 7.40. The van der Waals surface area contributed by atoms with Gasteiger partial charge in [-0.1, -0.05) is 13.0 Å². The molecule has 0 saturated carbocycles. The molecule has 114 valence electrons. The molecule has 1 aromatic carbocycles. The minimum atomic E-state index is -3.82. The quantitative estimate of drug-likeness (QED) is 0.835. The molecular weight excluding hydrogens is 299 g/mol. The van der Waals surface area contributed by atoms with Crippen molar-refractivity contribution in [3.05, 3.63) is 29.6 Å². The van der Waals surface area contributed by atoms with Crippen LogP contribution < -0.4 is 5.73 Å². The predicted octanol–water partition coefficient (Wildman–Crippen LogP) is 2.05. The van der Waals surface area contributed by atoms with E-state index in [0.717, 1.165) is 0 Å². The van der Waals surface area contributed by atoms with Crippen molar-refractivity contribution in [1.29, 1.82) is 0 Å². The summed E-state index contributed by atoms with van der Waals surface area (Å²) in [6, 6.07) is 3.86. The molecule has 0 aliphatic carbocycles. The van der Waals surface area contributed by atoms with E-state index >= 15 is 0 Å². The molecule has 0 aliphatic heterocycles. The number of benzene rings is 1. The minimum absolute atomic E-state index is 0.149. The van der Waals surface area contributed by atoms with E-state index in [4.69, 9.17) is 5.73 Å². The van der Waals surface area contributed by atoms with E-state index in [-0.39, 0.29) is 17.5 Å². The molecule has 0 aromatic heterocycles. The average molecular weight is 320 g/mol. The minimum Gasteiger partial charge on any atom is -0.326 e. The van der Waals surface area contributed by atoms with Gasteiger partial charge >= 0.3 is 0 Å². The van der Waals surface area contributed by atoms with E-state index in [2.05, 4.69) is 0 Å². The smallest absolute Gasteiger partial charge is 0.246 e. The van der Waals surface area contributed by atoms with Gasteiger partial charge in [0, 0.05) is 25.4 Å². The van der Waals surface area contributed by atoms with Crippen LogP contribution in [0.25, 0.3) is 0 Å². The van der Waals surface area contributed by atoms with Crippen molar-refractivity contribution in [2.75, 3.05) is 19.1 Å². The second-order valence-corrected chi connectivity index (χ2v) is 7.38. The van der Waals surface area contributed by atoms with Crippen LogP contribution >= 0.6 is 11.8 Å². The van der Waals surface area contributed by atoms with Crippen LogP contribution in [0.5, 0.6) is 0 Å². The van der Waals surface area contributed by atoms with Gasteiger partial charge in [-0.15, -0.1) is 0 Å². The van der Waals surface area contributed by atoms with Crippen molar-refractivity contribution in [3.63, 3.8) is 0 Å². The third kappa shape index (κ3) is 3.72. The van der Waals surface area contributed by atoms with Gasteiger partial charge in [0.1, 0.15) is 10.7 Å². The first-order valence-electron chi connectivity index (χ1n) is 6.33. The van der Waals surface area contributed by atoms with Gasteiger partial charge in [-0.2, -0.15) is 16.1 Å². The maximum atomic E-state index is 14.0. The Morgan fingerprint density at radius 2 is 2.10 bits per heavy atom. The summed E-state index contributed by atoms with van der Waals surface area (Å²) in [7, 11) is -2.33. The van der Waals surface area contributed by atoms with E-state index in [0.29, 0.717) is 17.7 Å². The van der Waals surface area contributed by atoms with Crippen molar-refractivity contribution < 1.29 is 12.8 Å². The van der Waals surface area contributed by atoms with Gasteiger partial charge in [-0.25, -0.2) is 12.8 Å². The van der Waals surface area contributed by atoms with Gasteiger partial charge in [0.05, 0.1) is 0 Å². The van der Waals surface area contributed by atoms with Gasteiger partial charge in [0.2, 0.25) is 10.0 Å². The summed E-state index contributed by atoms with van der Waals surface area (Å²) in [4.78, 5) is -0.295. The number of sulfonamides is 1. The first kappa shape index (κ1) is 17.4. The Balaban J connectivity index is 3.15. The Kier molecular flexibility index (Phi) is 6.44. The van der Waals surface area contributed by atoms with Crippen LogP contribution in [0.15, 0.2) is 23.1 Å². The zero-order valence-corrected chi connectivity index (χ0v) is 13.6. The van der Waals surface area contributed by atoms with Crippen molar-refractivity contribution in [1.82, 2.24) is 4.31 Å². The monoisotopic (exact) mass is 320 g/mol. The second-order valence-electron chi connectivity index (χ2n) is 4.51. The van der Waals surface area contributed by atoms with Crippen LogP contribution in [0, 0.1) is 5.82 Å². The number of nitrogens with zero attached hydrogens (tertiary/aromatic N) is 1. The van der Waals surface area contributed by atoms with Crippen molar-refractivity contribution in [2.24, 2.45) is 5.73 Å². The Morgan fingerprint density at radius 1 is 1.45 bits per heavy atom. The zero-order valence-electron chi connectivity index (χ0n) is 12.0. The summed E-state index contributed by atoms with van der Waals surface area (Å²) in [5.74, 6) is -0.0758. The average Bonchev–Trinajstić information content (AvgIpc) is 2.43. The molecule has 0 spiro atoms. The summed E-state index contributed by atoms with van der Waals surface area (Å²) in [5.41, 5.74) is 5.99. The SMILES string of the molecule is CCC(CSC)N(C)S(=O)(=O)c1ccc(CN)cc1F. The molecule has 0 heterocycles. The molecule has 1 rings (SSSR count). The standard InChI is InChI=1S/C13H21FN2O2S2/c1-4-11(9-19-3)16(2)20(17,18)13-6-5-10(8-15)7-12(13)14/h5-7,11H,4,8-9,15H2,1-3H3. The maximum absolute atomic E-state index is 14.0. The Morgan fingerprint density at radius 3 is 2.55 bits per heavy atom. The van der Waals surface area contributed by atoms with Gasteiger partial charge in [-0.05, 0) is 30.4 Å². The van der Waals surface area contributed by atoms with Gasteiger partial charge in [-0.3, -0.25) is 0 Å². The molecule has 0 saturated heterocycles. The summed E-state index contributed by atoms with van der Waals surface area (Å²) < 4.78 is 40.2. The highest BCUT2D eigenvalue weighted by atomic mass is 32.2. The summed E-state index contributed by atoms with van der Waals surface area (Å²) in [6.07, 6.45) is 2.60. The van der Waals surface area contributed by atoms with Crippen LogP contribution in [-0.4, -0.2) is 37.8 Å². The molecule has 1 atom stereocenters. The van der Waals surface area contributed by atoms with Crippen LogP contribution in [0.2, 0.25) is 0 Å². The normalized spacial score (nSPS) is 13.7. The zero-order chi connectivity index (χ0) is 15.3. The Hall–Kier alpha value is -0.630. The van der Waals surface area contributed by atoms with E-state index in [1.54, 1.807) is 17.8 Å². The predicted molar refractivity (Wildman–Crippen MR) is 81.7 cm³/mol. The van der Waals surface area contributed by atoms with Crippen LogP contribution in [0.3, 0.4) is 0 Å². The number of rotatable bonds is 7. The van der Waals surface area contributed by atoms with E-state index in [1.807, 2.05) is 13.2 Å². The highest BCUT2D eigenvalue weighted by Crippen LogP contribution is 2.23. The van der Waals surface area contributed by atoms with Crippen molar-refractivity contribution in [3.8, 4) is 0 Å². The van der Waals surface area contributed by atoms with E-state index < -0.39 is 15.8 Å². The van der Waals surface area contributed by atoms with Crippen LogP contribution in [0.4, 0.5) is 4.39 Å². The molecule has 7 heteroatoms. The molecule has 4 nitrogen and oxygen atoms in total. The maximum Gasteiger partial charge on any atom is 0.246 e. The van der Waals surface area contributed by atoms with E-state index in [9.17, 15) is 12.8 Å². The lowest BCUT2D eigenvalue weighted by Crippen LogP contribution is -2.38. The van der Waals surface area contributed by atoms with Gasteiger partial charge < -0.3 is 5.73 Å². The molecule has 20 heavy (non-hydrogen) atoms. The first-order chi connectivity index (χ1) is 9.38. The number of hydrogen-bond acceptors (Lipinski definition) is 4. The fourth-order valence-corrected chi connectivity index (χ4v) is 4.31. The third-order valence-electron chi connectivity index (χ3n) is 3.23. The number of thioether (sulfide) groups is 1. The fraction of sp³-hybridized carbons (Fsp3) is 0.538. The molecule has 0 radical (unpaired) electrons. The Bertz CT molecular complexity index is 549. The number of nitrogens with two attached hydrogens (primary N) is 1. The number of halogens is 1. The Labute approximate surface area is 124 Å². The van der Waals surface area contributed by atoms with Crippen molar-refractivity contribution in [2.45, 2.75) is 30.8 Å². The largest absolute Gasteiger partial charge is 0.326 e. The first-order valence-corrected chi connectivity index (χ1v) is 9.17. The molecule has 0 fully saturated rings. The molecule has 2 N–H and O–H groups in total. The highest BCUT2D eigenvalue weighted by Gasteiger charge is 2.29. The molecule has 1 unspecified atom stereocenters. The van der Waals surface area contributed by atoms with Crippen molar-refractivity contribution >= 4 is 21.8 Å². The molecule has 1 aromatic rings. The van der Waals surface area contributed by atoms with Crippen LogP contribution in [-0.2, 0) is 16.6 Å². The lowest BCUT2D eigenvalue weighted by molar-refractivity contribution is 0.383. The molecule has 0 bridgehead atoms. The van der Waals surface area contributed by atoms with E-state index in [1.165, 1.54) is 23.5 Å². The molecular formula is C13H21FN2O2S2. The van der Waals surface area contributed by atoms with Gasteiger partial charge in [0.15, 0.2) is 0 Å². The third-order valence-corrected chi connectivity index (χ3v) is 5.89. The summed E-state index contributed by atoms with van der Waals surface area (Å²) in [5, 5.41) is 0. The summed E-state index contributed by atoms with van der Waals surface area (Å²) in [6.45, 7) is 2.10. The number of hydrogen-bond donors (Lipinski definition) is 1. The molecule has 0 amide bonds. The lowest BCUT2D eigenvalue weighted by Gasteiger charge is -2.26. The molecule has 0 aliphatic rings. The summed E-state index contributed by atoms with van der Waals surface area (Å²) >= 11 is 1.57. The van der Waals surface area contributed by atoms with Gasteiger partial charge in [0.25, 0.3) is 0 Å². The lowest BCUT2D eigenvalue weighted by atomic mass is 10.2. The fourth-order valence-electron chi connectivity index (χ4n) is 1.90. The highest BCUT2D eigenvalue weighted by molar-refractivity contribution is 7.98.